The first-order valence-corrected chi connectivity index (χ1v) is 14.0. The van der Waals surface area contributed by atoms with E-state index in [1.165, 1.54) is 12.8 Å². The fourth-order valence-corrected chi connectivity index (χ4v) is 6.02. The van der Waals surface area contributed by atoms with E-state index in [0.717, 1.165) is 61.5 Å². The molecule has 2 N–H and O–H groups in total. The lowest BCUT2D eigenvalue weighted by molar-refractivity contribution is -0.126. The minimum absolute atomic E-state index is 0.0375. The van der Waals surface area contributed by atoms with E-state index >= 15 is 0 Å². The molecule has 2 aliphatic heterocycles. The second kappa shape index (κ2) is 10.5. The molecule has 9 heteroatoms. The minimum atomic E-state index is -0.480. The Kier molecular flexibility index (Phi) is 7.31. The molecule has 9 nitrogen and oxygen atoms in total. The minimum Gasteiger partial charge on any atom is -0.351 e. The van der Waals surface area contributed by atoms with E-state index in [1.807, 2.05) is 32.3 Å². The van der Waals surface area contributed by atoms with Gasteiger partial charge in [-0.25, -0.2) is 4.98 Å². The van der Waals surface area contributed by atoms with Crippen LogP contribution in [0.1, 0.15) is 68.8 Å². The van der Waals surface area contributed by atoms with Gasteiger partial charge in [-0.3, -0.25) is 9.59 Å². The van der Waals surface area contributed by atoms with E-state index in [-0.39, 0.29) is 17.9 Å². The molecule has 0 radical (unpaired) electrons. The van der Waals surface area contributed by atoms with E-state index in [2.05, 4.69) is 46.2 Å². The van der Waals surface area contributed by atoms with Gasteiger partial charge >= 0.3 is 0 Å². The largest absolute Gasteiger partial charge is 0.351 e. The van der Waals surface area contributed by atoms with Crippen molar-refractivity contribution >= 4 is 35.0 Å². The molecule has 1 atom stereocenters. The van der Waals surface area contributed by atoms with Crippen LogP contribution in [0.5, 0.6) is 0 Å². The van der Waals surface area contributed by atoms with E-state index in [0.29, 0.717) is 24.1 Å². The number of rotatable bonds is 7. The zero-order chi connectivity index (χ0) is 27.0. The summed E-state index contributed by atoms with van der Waals surface area (Å²) in [6.07, 6.45) is 7.95. The van der Waals surface area contributed by atoms with Crippen LogP contribution in [0.3, 0.4) is 0 Å². The number of nitrogens with zero attached hydrogens (tertiary/aromatic N) is 5. The first-order valence-electron chi connectivity index (χ1n) is 14.0. The molecule has 3 aliphatic rings. The predicted molar refractivity (Wildman–Crippen MR) is 151 cm³/mol. The van der Waals surface area contributed by atoms with Crippen LogP contribution in [-0.2, 0) is 11.2 Å². The Morgan fingerprint density at radius 3 is 2.55 bits per heavy atom. The maximum Gasteiger partial charge on any atom is 0.251 e. The highest BCUT2D eigenvalue weighted by Gasteiger charge is 2.43. The molecule has 38 heavy (non-hydrogen) atoms. The number of anilines is 4. The third-order valence-electron chi connectivity index (χ3n) is 8.66. The molecule has 2 amide bonds. The van der Waals surface area contributed by atoms with E-state index < -0.39 is 5.41 Å². The topological polar surface area (TPSA) is 93.7 Å². The van der Waals surface area contributed by atoms with Gasteiger partial charge in [0.2, 0.25) is 11.9 Å². The van der Waals surface area contributed by atoms with Gasteiger partial charge in [0.1, 0.15) is 5.69 Å². The van der Waals surface area contributed by atoms with Gasteiger partial charge in [-0.2, -0.15) is 4.98 Å². The zero-order valence-electron chi connectivity index (χ0n) is 23.4. The molecule has 204 valence electrons. The van der Waals surface area contributed by atoms with E-state index in [4.69, 9.17) is 4.98 Å². The quantitative estimate of drug-likeness (QED) is 0.572. The van der Waals surface area contributed by atoms with Crippen LogP contribution >= 0.6 is 0 Å². The summed E-state index contributed by atoms with van der Waals surface area (Å²) in [5.74, 6) is 1.39. The molecule has 0 bridgehead atoms. The van der Waals surface area contributed by atoms with E-state index in [1.54, 1.807) is 11.1 Å². The van der Waals surface area contributed by atoms with Crippen molar-refractivity contribution in [3.63, 3.8) is 0 Å². The molecule has 2 fully saturated rings. The average Bonchev–Trinajstić information content (AvgIpc) is 3.42. The lowest BCUT2D eigenvalue weighted by Crippen LogP contribution is -2.57. The summed E-state index contributed by atoms with van der Waals surface area (Å²) in [5.41, 5.74) is 2.86. The van der Waals surface area contributed by atoms with Crippen LogP contribution in [0.2, 0.25) is 0 Å². The lowest BCUT2D eigenvalue weighted by Gasteiger charge is -2.36. The average molecular weight is 520 g/mol. The zero-order valence-corrected chi connectivity index (χ0v) is 23.4. The van der Waals surface area contributed by atoms with Gasteiger partial charge in [-0.15, -0.1) is 0 Å². The fraction of sp³-hybridized carbons (Fsp3) is 0.586. The normalized spacial score (nSPS) is 22.7. The Labute approximate surface area is 226 Å². The molecule has 1 saturated carbocycles. The Balaban J connectivity index is 1.43. The number of benzene rings is 1. The lowest BCUT2D eigenvalue weighted by atomic mass is 9.85. The number of likely N-dealkylation sites (tertiary alicyclic amines) is 1. The van der Waals surface area contributed by atoms with Gasteiger partial charge in [-0.1, -0.05) is 26.7 Å². The van der Waals surface area contributed by atoms with Crippen LogP contribution in [-0.4, -0.2) is 72.5 Å². The molecule has 0 unspecified atom stereocenters. The van der Waals surface area contributed by atoms with Crippen LogP contribution in [0.15, 0.2) is 24.4 Å². The summed E-state index contributed by atoms with van der Waals surface area (Å²) in [4.78, 5) is 42.1. The van der Waals surface area contributed by atoms with E-state index in [9.17, 15) is 9.59 Å². The third kappa shape index (κ3) is 4.96. The van der Waals surface area contributed by atoms with Crippen LogP contribution < -0.4 is 20.4 Å². The molecule has 0 spiro atoms. The number of hydrogen-bond acceptors (Lipinski definition) is 7. The Bertz CT molecular complexity index is 1210. The smallest absolute Gasteiger partial charge is 0.251 e. The van der Waals surface area contributed by atoms with Gasteiger partial charge in [0.15, 0.2) is 5.82 Å². The van der Waals surface area contributed by atoms with Crippen molar-refractivity contribution in [1.29, 1.82) is 0 Å². The maximum absolute atomic E-state index is 13.5. The van der Waals surface area contributed by atoms with Crippen LogP contribution in [0.25, 0.3) is 0 Å². The first kappa shape index (κ1) is 26.4. The van der Waals surface area contributed by atoms with Crippen molar-refractivity contribution in [1.82, 2.24) is 20.2 Å². The Hall–Kier alpha value is -3.20. The molecular formula is C29H41N7O2. The monoisotopic (exact) mass is 519 g/mol. The molecule has 2 aromatic rings. The molecule has 3 heterocycles. The molecule has 1 aromatic heterocycles. The Morgan fingerprint density at radius 2 is 1.89 bits per heavy atom. The molecular weight excluding hydrogens is 478 g/mol. The highest BCUT2D eigenvalue weighted by Crippen LogP contribution is 2.41. The highest BCUT2D eigenvalue weighted by atomic mass is 16.2. The van der Waals surface area contributed by atoms with Gasteiger partial charge in [0.05, 0.1) is 17.7 Å². The van der Waals surface area contributed by atoms with Crippen molar-refractivity contribution in [3.05, 3.63) is 35.5 Å². The number of carbonyl (C=O) groups excluding carboxylic acids is 2. The van der Waals surface area contributed by atoms with Crippen LogP contribution in [0, 0.1) is 5.41 Å². The summed E-state index contributed by atoms with van der Waals surface area (Å²) in [6.45, 7) is 8.67. The predicted octanol–water partition coefficient (Wildman–Crippen LogP) is 3.97. The number of hydrogen-bond donors (Lipinski definition) is 2. The number of carbonyl (C=O) groups is 2. The molecule has 1 aromatic carbocycles. The standard InChI is InChI=1S/C29H41N7O2/c1-6-19-14-20(26(37)31-21-16-34(4)17-21)12-13-23(19)32-28-30-15-24-25(33-28)36(22-10-8-9-11-22)18-29(3,7-2)27(38)35(24)5/h12-15,21-22H,6-11,16-18H2,1-5H3,(H,31,37)(H,30,32,33)/t29-/m0/s1. The summed E-state index contributed by atoms with van der Waals surface area (Å²) < 4.78 is 0. The summed E-state index contributed by atoms with van der Waals surface area (Å²) in [5, 5.41) is 6.52. The molecule has 1 saturated heterocycles. The van der Waals surface area contributed by atoms with Crippen molar-refractivity contribution in [3.8, 4) is 0 Å². The fourth-order valence-electron chi connectivity index (χ4n) is 6.02. The summed E-state index contributed by atoms with van der Waals surface area (Å²) in [7, 11) is 3.89. The van der Waals surface area contributed by atoms with Crippen molar-refractivity contribution in [2.45, 2.75) is 71.4 Å². The number of nitrogens with one attached hydrogen (secondary N) is 2. The Morgan fingerprint density at radius 1 is 1.16 bits per heavy atom. The van der Waals surface area contributed by atoms with Crippen molar-refractivity contribution in [2.24, 2.45) is 5.41 Å². The SMILES string of the molecule is CCc1cc(C(=O)NC2CN(C)C2)ccc1Nc1ncc2c(n1)N(C1CCCC1)C[C@](C)(CC)C(=O)N2C. The van der Waals surface area contributed by atoms with Gasteiger partial charge in [0.25, 0.3) is 5.91 Å². The van der Waals surface area contributed by atoms with Crippen LogP contribution in [0.4, 0.5) is 23.1 Å². The number of likely N-dealkylation sites (N-methyl/N-ethyl adjacent to an activating group) is 1. The third-order valence-corrected chi connectivity index (χ3v) is 8.66. The summed E-state index contributed by atoms with van der Waals surface area (Å²) in [6, 6.07) is 6.33. The second-order valence-electron chi connectivity index (χ2n) is 11.5. The number of aryl methyl sites for hydroxylation is 1. The van der Waals surface area contributed by atoms with Crippen molar-refractivity contribution < 1.29 is 9.59 Å². The van der Waals surface area contributed by atoms with Crippen molar-refractivity contribution in [2.75, 3.05) is 48.8 Å². The number of aromatic nitrogens is 2. The van der Waals surface area contributed by atoms with Gasteiger partial charge in [0, 0.05) is 44.0 Å². The number of amides is 2. The number of fused-ring (bicyclic) bond motifs is 1. The molecule has 5 rings (SSSR count). The second-order valence-corrected chi connectivity index (χ2v) is 11.5. The first-order chi connectivity index (χ1) is 18.2. The van der Waals surface area contributed by atoms with Gasteiger partial charge < -0.3 is 25.3 Å². The highest BCUT2D eigenvalue weighted by molar-refractivity contribution is 6.01. The maximum atomic E-state index is 13.5. The summed E-state index contributed by atoms with van der Waals surface area (Å²) >= 11 is 0. The molecule has 1 aliphatic carbocycles. The van der Waals surface area contributed by atoms with Gasteiger partial charge in [-0.05, 0) is 63.4 Å².